The molecule has 114 valence electrons. The third kappa shape index (κ3) is 3.23. The summed E-state index contributed by atoms with van der Waals surface area (Å²) in [7, 11) is 0. The predicted molar refractivity (Wildman–Crippen MR) is 75.7 cm³/mol. The number of amides is 2. The molecule has 0 aromatic carbocycles. The van der Waals surface area contributed by atoms with Crippen molar-refractivity contribution in [3.05, 3.63) is 0 Å². The zero-order valence-corrected chi connectivity index (χ0v) is 12.4. The molecule has 2 aliphatic rings. The first kappa shape index (κ1) is 15.1. The number of piperazine rings is 1. The summed E-state index contributed by atoms with van der Waals surface area (Å²) in [5, 5.41) is 8.78. The summed E-state index contributed by atoms with van der Waals surface area (Å²) >= 11 is 0. The molecule has 6 heteroatoms. The molecule has 2 amide bonds. The van der Waals surface area contributed by atoms with Crippen molar-refractivity contribution in [3.8, 4) is 0 Å². The van der Waals surface area contributed by atoms with E-state index in [9.17, 15) is 9.59 Å². The molecule has 2 heterocycles. The molecule has 20 heavy (non-hydrogen) atoms. The van der Waals surface area contributed by atoms with Crippen LogP contribution in [0.3, 0.4) is 0 Å². The average Bonchev–Trinajstić information content (AvgIpc) is 2.79. The number of aliphatic carboxylic acids is 1. The molecule has 2 atom stereocenters. The molecule has 6 nitrogen and oxygen atoms in total. The number of carboxylic acids is 1. The number of nitrogens with zero attached hydrogens (tertiary/aromatic N) is 3. The highest BCUT2D eigenvalue weighted by atomic mass is 16.4. The van der Waals surface area contributed by atoms with Crippen LogP contribution >= 0.6 is 0 Å². The van der Waals surface area contributed by atoms with Gasteiger partial charge in [-0.1, -0.05) is 6.92 Å². The number of rotatable bonds is 3. The SMILES string of the molecule is CCC1CCC(C)N1C(=O)N1CCN(CC(=O)O)CC1. The first-order valence-electron chi connectivity index (χ1n) is 7.54. The van der Waals surface area contributed by atoms with Crippen LogP contribution in [-0.2, 0) is 4.79 Å². The van der Waals surface area contributed by atoms with E-state index in [0.29, 0.717) is 38.3 Å². The van der Waals surface area contributed by atoms with E-state index in [-0.39, 0.29) is 12.6 Å². The van der Waals surface area contributed by atoms with Crippen molar-refractivity contribution >= 4 is 12.0 Å². The van der Waals surface area contributed by atoms with Gasteiger partial charge in [0.05, 0.1) is 6.54 Å². The first-order chi connectivity index (χ1) is 9.52. The van der Waals surface area contributed by atoms with E-state index >= 15 is 0 Å². The highest BCUT2D eigenvalue weighted by molar-refractivity contribution is 5.75. The molecule has 0 aromatic heterocycles. The van der Waals surface area contributed by atoms with Crippen molar-refractivity contribution in [2.75, 3.05) is 32.7 Å². The second-order valence-electron chi connectivity index (χ2n) is 5.84. The standard InChI is InChI=1S/C14H25N3O3/c1-3-12-5-4-11(2)17(12)14(20)16-8-6-15(7-9-16)10-13(18)19/h11-12H,3-10H2,1-2H3,(H,18,19). The minimum Gasteiger partial charge on any atom is -0.480 e. The van der Waals surface area contributed by atoms with Gasteiger partial charge >= 0.3 is 12.0 Å². The lowest BCUT2D eigenvalue weighted by atomic mass is 10.2. The summed E-state index contributed by atoms with van der Waals surface area (Å²) in [5.41, 5.74) is 0. The molecular weight excluding hydrogens is 258 g/mol. The van der Waals surface area contributed by atoms with Crippen molar-refractivity contribution in [2.45, 2.75) is 45.2 Å². The van der Waals surface area contributed by atoms with Crippen LogP contribution in [0.15, 0.2) is 0 Å². The Hall–Kier alpha value is -1.30. The van der Waals surface area contributed by atoms with Gasteiger partial charge in [0.2, 0.25) is 0 Å². The molecule has 0 bridgehead atoms. The Balaban J connectivity index is 1.89. The summed E-state index contributed by atoms with van der Waals surface area (Å²) in [6.07, 6.45) is 3.20. The second-order valence-corrected chi connectivity index (χ2v) is 5.84. The van der Waals surface area contributed by atoms with E-state index in [0.717, 1.165) is 19.3 Å². The number of carboxylic acid groups (broad SMARTS) is 1. The minimum atomic E-state index is -0.802. The average molecular weight is 283 g/mol. The highest BCUT2D eigenvalue weighted by Gasteiger charge is 2.36. The first-order valence-corrected chi connectivity index (χ1v) is 7.54. The molecule has 2 saturated heterocycles. The number of hydrogen-bond donors (Lipinski definition) is 1. The lowest BCUT2D eigenvalue weighted by Crippen LogP contribution is -2.55. The summed E-state index contributed by atoms with van der Waals surface area (Å²) in [6.45, 7) is 6.88. The van der Waals surface area contributed by atoms with Gasteiger partial charge < -0.3 is 14.9 Å². The fraction of sp³-hybridized carbons (Fsp3) is 0.857. The molecule has 2 aliphatic heterocycles. The lowest BCUT2D eigenvalue weighted by molar-refractivity contribution is -0.138. The molecule has 0 spiro atoms. The van der Waals surface area contributed by atoms with E-state index in [1.807, 2.05) is 14.7 Å². The Morgan fingerprint density at radius 1 is 1.15 bits per heavy atom. The van der Waals surface area contributed by atoms with E-state index in [2.05, 4.69) is 13.8 Å². The molecule has 2 fully saturated rings. The van der Waals surface area contributed by atoms with Gasteiger partial charge in [-0.3, -0.25) is 9.69 Å². The number of carbonyl (C=O) groups excluding carboxylic acids is 1. The molecule has 2 rings (SSSR count). The quantitative estimate of drug-likeness (QED) is 0.841. The van der Waals surface area contributed by atoms with E-state index in [1.165, 1.54) is 0 Å². The third-order valence-electron chi connectivity index (χ3n) is 4.48. The van der Waals surface area contributed by atoms with Crippen LogP contribution in [0.1, 0.15) is 33.1 Å². The van der Waals surface area contributed by atoms with E-state index in [4.69, 9.17) is 5.11 Å². The minimum absolute atomic E-state index is 0.0692. The Morgan fingerprint density at radius 3 is 2.35 bits per heavy atom. The lowest BCUT2D eigenvalue weighted by Gasteiger charge is -2.38. The van der Waals surface area contributed by atoms with Crippen LogP contribution < -0.4 is 0 Å². The largest absolute Gasteiger partial charge is 0.480 e. The normalized spacial score (nSPS) is 27.9. The van der Waals surface area contributed by atoms with Crippen LogP contribution in [0.2, 0.25) is 0 Å². The maximum Gasteiger partial charge on any atom is 0.320 e. The predicted octanol–water partition coefficient (Wildman–Crippen LogP) is 1.07. The number of urea groups is 1. The Bertz CT molecular complexity index is 367. The zero-order chi connectivity index (χ0) is 14.7. The van der Waals surface area contributed by atoms with Crippen LogP contribution in [0.5, 0.6) is 0 Å². The number of hydrogen-bond acceptors (Lipinski definition) is 3. The molecule has 1 N–H and O–H groups in total. The van der Waals surface area contributed by atoms with Crippen molar-refractivity contribution in [2.24, 2.45) is 0 Å². The Labute approximate surface area is 120 Å². The smallest absolute Gasteiger partial charge is 0.320 e. The third-order valence-corrected chi connectivity index (χ3v) is 4.48. The summed E-state index contributed by atoms with van der Waals surface area (Å²) in [5.74, 6) is -0.802. The summed E-state index contributed by atoms with van der Waals surface area (Å²) < 4.78 is 0. The Kier molecular flexibility index (Phi) is 4.86. The highest BCUT2D eigenvalue weighted by Crippen LogP contribution is 2.27. The van der Waals surface area contributed by atoms with Crippen molar-refractivity contribution in [1.29, 1.82) is 0 Å². The van der Waals surface area contributed by atoms with Crippen LogP contribution in [0, 0.1) is 0 Å². The zero-order valence-electron chi connectivity index (χ0n) is 12.4. The van der Waals surface area contributed by atoms with E-state index < -0.39 is 5.97 Å². The Morgan fingerprint density at radius 2 is 1.80 bits per heavy atom. The number of likely N-dealkylation sites (tertiary alicyclic amines) is 1. The fourth-order valence-electron chi connectivity index (χ4n) is 3.27. The van der Waals surface area contributed by atoms with Crippen LogP contribution in [0.4, 0.5) is 4.79 Å². The second kappa shape index (κ2) is 6.43. The molecule has 0 aliphatic carbocycles. The van der Waals surface area contributed by atoms with Crippen molar-refractivity contribution < 1.29 is 14.7 Å². The van der Waals surface area contributed by atoms with Gasteiger partial charge in [-0.25, -0.2) is 4.79 Å². The molecule has 0 aromatic rings. The van der Waals surface area contributed by atoms with Gasteiger partial charge in [0, 0.05) is 38.3 Å². The van der Waals surface area contributed by atoms with Gasteiger partial charge in [-0.05, 0) is 26.2 Å². The fourth-order valence-corrected chi connectivity index (χ4v) is 3.27. The molecule has 0 saturated carbocycles. The van der Waals surface area contributed by atoms with Gasteiger partial charge in [-0.15, -0.1) is 0 Å². The van der Waals surface area contributed by atoms with E-state index in [1.54, 1.807) is 0 Å². The van der Waals surface area contributed by atoms with Gasteiger partial charge in [0.25, 0.3) is 0 Å². The summed E-state index contributed by atoms with van der Waals surface area (Å²) in [6, 6.07) is 0.830. The molecule has 2 unspecified atom stereocenters. The molecule has 0 radical (unpaired) electrons. The van der Waals surface area contributed by atoms with Crippen LogP contribution in [0.25, 0.3) is 0 Å². The van der Waals surface area contributed by atoms with Gasteiger partial charge in [0.15, 0.2) is 0 Å². The van der Waals surface area contributed by atoms with Gasteiger partial charge in [-0.2, -0.15) is 0 Å². The van der Waals surface area contributed by atoms with Crippen LogP contribution in [-0.4, -0.2) is 76.6 Å². The van der Waals surface area contributed by atoms with Gasteiger partial charge in [0.1, 0.15) is 0 Å². The van der Waals surface area contributed by atoms with Crippen molar-refractivity contribution in [1.82, 2.24) is 14.7 Å². The number of carbonyl (C=O) groups is 2. The topological polar surface area (TPSA) is 64.1 Å². The summed E-state index contributed by atoms with van der Waals surface area (Å²) in [4.78, 5) is 29.1. The van der Waals surface area contributed by atoms with Crippen molar-refractivity contribution in [3.63, 3.8) is 0 Å². The maximum absolute atomic E-state index is 12.6. The maximum atomic E-state index is 12.6. The monoisotopic (exact) mass is 283 g/mol. The molecular formula is C14H25N3O3.